The van der Waals surface area contributed by atoms with E-state index in [0.717, 1.165) is 12.1 Å². The Morgan fingerprint density at radius 1 is 0.833 bits per heavy atom. The smallest absolute Gasteiger partial charge is 0.416 e. The summed E-state index contributed by atoms with van der Waals surface area (Å²) in [6.07, 6.45) is -4.59. The van der Waals surface area contributed by atoms with E-state index in [1.165, 1.54) is 10.7 Å². The van der Waals surface area contributed by atoms with Crippen molar-refractivity contribution in [2.24, 2.45) is 0 Å². The molecule has 5 nitrogen and oxygen atoms in total. The van der Waals surface area contributed by atoms with Crippen molar-refractivity contribution in [2.45, 2.75) is 6.18 Å². The van der Waals surface area contributed by atoms with Gasteiger partial charge in [-0.25, -0.2) is 9.67 Å². The van der Waals surface area contributed by atoms with Gasteiger partial charge in [0.2, 0.25) is 0 Å². The number of phenols is 2. The second kappa shape index (κ2) is 7.38. The van der Waals surface area contributed by atoms with E-state index < -0.39 is 17.5 Å². The molecule has 30 heavy (non-hydrogen) atoms. The molecule has 4 aromatic rings. The third-order valence-corrected chi connectivity index (χ3v) is 4.61. The Balaban J connectivity index is 1.91. The number of halogens is 4. The number of hydrogen-bond donors (Lipinski definition) is 2. The molecule has 3 aromatic carbocycles. The van der Waals surface area contributed by atoms with Crippen LogP contribution in [-0.4, -0.2) is 25.0 Å². The van der Waals surface area contributed by atoms with Crippen molar-refractivity contribution < 1.29 is 23.4 Å². The molecular formula is C21H13ClF3N3O2. The van der Waals surface area contributed by atoms with Crippen LogP contribution in [0.1, 0.15) is 5.56 Å². The van der Waals surface area contributed by atoms with Gasteiger partial charge in [-0.2, -0.15) is 13.2 Å². The van der Waals surface area contributed by atoms with Gasteiger partial charge in [0.15, 0.2) is 11.6 Å². The third kappa shape index (κ3) is 3.69. The molecule has 1 aromatic heterocycles. The number of aromatic nitrogens is 3. The molecule has 4 rings (SSSR count). The summed E-state index contributed by atoms with van der Waals surface area (Å²) >= 11 is 6.08. The molecule has 0 radical (unpaired) electrons. The number of benzene rings is 3. The summed E-state index contributed by atoms with van der Waals surface area (Å²) in [5.74, 6) is -0.461. The molecule has 0 aliphatic heterocycles. The summed E-state index contributed by atoms with van der Waals surface area (Å²) in [6.45, 7) is 0. The second-order valence-corrected chi connectivity index (χ2v) is 6.83. The zero-order valence-electron chi connectivity index (χ0n) is 15.1. The lowest BCUT2D eigenvalue weighted by molar-refractivity contribution is -0.137. The number of nitrogens with zero attached hydrogens (tertiary/aromatic N) is 3. The van der Waals surface area contributed by atoms with Crippen LogP contribution in [0.4, 0.5) is 13.2 Å². The van der Waals surface area contributed by atoms with Gasteiger partial charge in [-0.3, -0.25) is 0 Å². The molecule has 0 atom stereocenters. The highest BCUT2D eigenvalue weighted by molar-refractivity contribution is 6.30. The summed E-state index contributed by atoms with van der Waals surface area (Å²) in [5, 5.41) is 25.2. The Morgan fingerprint density at radius 2 is 1.60 bits per heavy atom. The van der Waals surface area contributed by atoms with Gasteiger partial charge in [-0.15, -0.1) is 5.10 Å². The lowest BCUT2D eigenvalue weighted by Crippen LogP contribution is -2.04. The van der Waals surface area contributed by atoms with E-state index in [9.17, 15) is 23.4 Å². The van der Waals surface area contributed by atoms with E-state index in [1.54, 1.807) is 42.5 Å². The van der Waals surface area contributed by atoms with Crippen molar-refractivity contribution in [3.63, 3.8) is 0 Å². The van der Waals surface area contributed by atoms with Gasteiger partial charge in [0.1, 0.15) is 11.5 Å². The van der Waals surface area contributed by atoms with E-state index in [-0.39, 0.29) is 23.0 Å². The Bertz CT molecular complexity index is 1240. The normalized spacial score (nSPS) is 11.6. The lowest BCUT2D eigenvalue weighted by Gasteiger charge is -2.08. The molecule has 0 bridgehead atoms. The molecule has 0 fully saturated rings. The predicted octanol–water partition coefficient (Wildman–Crippen LogP) is 5.68. The van der Waals surface area contributed by atoms with Gasteiger partial charge in [-0.1, -0.05) is 29.8 Å². The van der Waals surface area contributed by atoms with E-state index in [4.69, 9.17) is 11.6 Å². The fraction of sp³-hybridized carbons (Fsp3) is 0.0476. The van der Waals surface area contributed by atoms with Crippen LogP contribution < -0.4 is 0 Å². The van der Waals surface area contributed by atoms with Gasteiger partial charge < -0.3 is 10.2 Å². The maximum absolute atomic E-state index is 12.9. The summed E-state index contributed by atoms with van der Waals surface area (Å²) in [4.78, 5) is 4.38. The van der Waals surface area contributed by atoms with Crippen LogP contribution in [0.15, 0.2) is 66.7 Å². The number of aromatic hydroxyl groups is 2. The zero-order valence-corrected chi connectivity index (χ0v) is 15.9. The fourth-order valence-electron chi connectivity index (χ4n) is 2.95. The molecule has 9 heteroatoms. The Labute approximate surface area is 173 Å². The average Bonchev–Trinajstić information content (AvgIpc) is 3.12. The SMILES string of the molecule is Oc1cc(C(F)(F)F)ccc1-c1nc(-c2ccccc2O)n(-c2cccc(Cl)c2)n1. The molecule has 0 aliphatic carbocycles. The van der Waals surface area contributed by atoms with Crippen LogP contribution in [0.25, 0.3) is 28.5 Å². The fourth-order valence-corrected chi connectivity index (χ4v) is 3.13. The van der Waals surface area contributed by atoms with Gasteiger partial charge in [0.05, 0.1) is 22.4 Å². The maximum atomic E-state index is 12.9. The monoisotopic (exact) mass is 431 g/mol. The van der Waals surface area contributed by atoms with Gasteiger partial charge in [0, 0.05) is 5.02 Å². The van der Waals surface area contributed by atoms with Crippen molar-refractivity contribution in [3.8, 4) is 40.0 Å². The quantitative estimate of drug-likeness (QED) is 0.437. The van der Waals surface area contributed by atoms with Crippen LogP contribution in [-0.2, 0) is 6.18 Å². The second-order valence-electron chi connectivity index (χ2n) is 6.40. The minimum Gasteiger partial charge on any atom is -0.507 e. The highest BCUT2D eigenvalue weighted by Crippen LogP contribution is 2.37. The molecule has 2 N–H and O–H groups in total. The minimum atomic E-state index is -4.59. The van der Waals surface area contributed by atoms with Crippen LogP contribution in [0.5, 0.6) is 11.5 Å². The molecule has 0 unspecified atom stereocenters. The number of phenolic OH excluding ortho intramolecular Hbond substituents is 2. The molecule has 0 spiro atoms. The van der Waals surface area contributed by atoms with Gasteiger partial charge in [0.25, 0.3) is 0 Å². The first-order valence-corrected chi connectivity index (χ1v) is 9.04. The van der Waals surface area contributed by atoms with Crippen molar-refractivity contribution in [3.05, 3.63) is 77.3 Å². The Kier molecular flexibility index (Phi) is 4.87. The molecule has 0 aliphatic rings. The number of hydrogen-bond acceptors (Lipinski definition) is 4. The van der Waals surface area contributed by atoms with E-state index in [1.807, 2.05) is 0 Å². The first kappa shape index (κ1) is 19.8. The molecular weight excluding hydrogens is 419 g/mol. The highest BCUT2D eigenvalue weighted by atomic mass is 35.5. The average molecular weight is 432 g/mol. The maximum Gasteiger partial charge on any atom is 0.416 e. The minimum absolute atomic E-state index is 0.0143. The standard InChI is InChI=1S/C21H13ClF3N3O2/c22-13-4-3-5-14(11-13)28-20(16-6-1-2-7-17(16)29)26-19(27-28)15-9-8-12(10-18(15)30)21(23,24)25/h1-11,29-30H. The van der Waals surface area contributed by atoms with Gasteiger partial charge >= 0.3 is 6.18 Å². The zero-order chi connectivity index (χ0) is 21.5. The molecule has 1 heterocycles. The van der Waals surface area contributed by atoms with E-state index in [0.29, 0.717) is 22.3 Å². The first-order valence-electron chi connectivity index (χ1n) is 8.66. The highest BCUT2D eigenvalue weighted by Gasteiger charge is 2.31. The lowest BCUT2D eigenvalue weighted by atomic mass is 10.1. The Hall–Kier alpha value is -3.52. The summed E-state index contributed by atoms with van der Waals surface area (Å²) in [5.41, 5.74) is -0.104. The third-order valence-electron chi connectivity index (χ3n) is 4.37. The van der Waals surface area contributed by atoms with Crippen LogP contribution in [0.2, 0.25) is 5.02 Å². The molecule has 152 valence electrons. The summed E-state index contributed by atoms with van der Waals surface area (Å²) in [7, 11) is 0. The van der Waals surface area contributed by atoms with E-state index >= 15 is 0 Å². The van der Waals surface area contributed by atoms with Crippen LogP contribution in [0.3, 0.4) is 0 Å². The number of para-hydroxylation sites is 1. The molecule has 0 amide bonds. The van der Waals surface area contributed by atoms with Crippen LogP contribution in [0, 0.1) is 0 Å². The van der Waals surface area contributed by atoms with Crippen LogP contribution >= 0.6 is 11.6 Å². The Morgan fingerprint density at radius 3 is 2.27 bits per heavy atom. The first-order chi connectivity index (χ1) is 14.2. The van der Waals surface area contributed by atoms with E-state index in [2.05, 4.69) is 10.1 Å². The van der Waals surface area contributed by atoms with Crippen molar-refractivity contribution in [1.29, 1.82) is 0 Å². The predicted molar refractivity (Wildman–Crippen MR) is 106 cm³/mol. The molecule has 0 saturated heterocycles. The summed E-state index contributed by atoms with van der Waals surface area (Å²) < 4.78 is 40.1. The van der Waals surface area contributed by atoms with Crippen molar-refractivity contribution in [1.82, 2.24) is 14.8 Å². The number of alkyl halides is 3. The van der Waals surface area contributed by atoms with Crippen molar-refractivity contribution in [2.75, 3.05) is 0 Å². The van der Waals surface area contributed by atoms with Gasteiger partial charge in [-0.05, 0) is 48.5 Å². The number of rotatable bonds is 3. The topological polar surface area (TPSA) is 71.2 Å². The van der Waals surface area contributed by atoms with Crippen molar-refractivity contribution >= 4 is 11.6 Å². The molecule has 0 saturated carbocycles. The largest absolute Gasteiger partial charge is 0.507 e. The summed E-state index contributed by atoms with van der Waals surface area (Å²) in [6, 6.07) is 15.7.